The van der Waals surface area contributed by atoms with Gasteiger partial charge in [-0.05, 0) is 56.9 Å². The molecule has 0 radical (unpaired) electrons. The van der Waals surface area contributed by atoms with Crippen molar-refractivity contribution < 1.29 is 14.3 Å². The summed E-state index contributed by atoms with van der Waals surface area (Å²) in [6, 6.07) is 7.43. The Balaban J connectivity index is 1.44. The minimum Gasteiger partial charge on any atom is -0.495 e. The Morgan fingerprint density at radius 2 is 2.00 bits per heavy atom. The summed E-state index contributed by atoms with van der Waals surface area (Å²) in [6.07, 6.45) is 3.76. The van der Waals surface area contributed by atoms with E-state index in [4.69, 9.17) is 4.74 Å². The summed E-state index contributed by atoms with van der Waals surface area (Å²) in [5.41, 5.74) is 0.736. The van der Waals surface area contributed by atoms with Crippen molar-refractivity contribution in [2.24, 2.45) is 11.8 Å². The monoisotopic (exact) mass is 373 g/mol. The van der Waals surface area contributed by atoms with Crippen LogP contribution in [0.2, 0.25) is 0 Å². The lowest BCUT2D eigenvalue weighted by molar-refractivity contribution is -0.126. The van der Waals surface area contributed by atoms with Crippen LogP contribution in [0.25, 0.3) is 0 Å². The number of nitrogens with one attached hydrogen (secondary N) is 1. The smallest absolute Gasteiger partial charge is 0.227 e. The van der Waals surface area contributed by atoms with Crippen molar-refractivity contribution in [1.82, 2.24) is 10.2 Å². The average molecular weight is 373 g/mol. The van der Waals surface area contributed by atoms with Gasteiger partial charge in [0.05, 0.1) is 18.7 Å². The van der Waals surface area contributed by atoms with Crippen molar-refractivity contribution in [2.45, 2.75) is 32.6 Å². The molecule has 1 unspecified atom stereocenters. The molecule has 148 valence electrons. The molecule has 0 aliphatic carbocycles. The Morgan fingerprint density at radius 1 is 1.26 bits per heavy atom. The lowest BCUT2D eigenvalue weighted by Gasteiger charge is -2.30. The minimum atomic E-state index is -0.293. The van der Waals surface area contributed by atoms with Gasteiger partial charge in [0.1, 0.15) is 5.75 Å². The Labute approximate surface area is 161 Å². The number of anilines is 1. The highest BCUT2D eigenvalue weighted by Gasteiger charge is 2.36. The number of likely N-dealkylation sites (tertiary alicyclic amines) is 1. The molecule has 2 saturated heterocycles. The van der Waals surface area contributed by atoms with Crippen LogP contribution in [0.1, 0.15) is 32.6 Å². The van der Waals surface area contributed by atoms with Gasteiger partial charge < -0.3 is 19.9 Å². The van der Waals surface area contributed by atoms with Crippen molar-refractivity contribution in [1.29, 1.82) is 0 Å². The molecule has 0 saturated carbocycles. The van der Waals surface area contributed by atoms with Gasteiger partial charge in [-0.1, -0.05) is 19.1 Å². The number of rotatable bonds is 7. The topological polar surface area (TPSA) is 61.9 Å². The number of hydrogen-bond acceptors (Lipinski definition) is 4. The first-order chi connectivity index (χ1) is 13.1. The number of para-hydroxylation sites is 2. The van der Waals surface area contributed by atoms with Gasteiger partial charge >= 0.3 is 0 Å². The summed E-state index contributed by atoms with van der Waals surface area (Å²) in [5, 5.41) is 3.02. The van der Waals surface area contributed by atoms with Crippen molar-refractivity contribution in [3.05, 3.63) is 24.3 Å². The molecule has 2 heterocycles. The van der Waals surface area contributed by atoms with Gasteiger partial charge in [0, 0.05) is 19.5 Å². The maximum atomic E-state index is 12.5. The summed E-state index contributed by atoms with van der Waals surface area (Å²) in [7, 11) is 1.59. The first kappa shape index (κ1) is 19.7. The molecular formula is C21H31N3O3. The largest absolute Gasteiger partial charge is 0.495 e. The summed E-state index contributed by atoms with van der Waals surface area (Å²) in [5.74, 6) is 1.16. The van der Waals surface area contributed by atoms with Crippen LogP contribution in [0.15, 0.2) is 24.3 Å². The summed E-state index contributed by atoms with van der Waals surface area (Å²) in [4.78, 5) is 29.0. The van der Waals surface area contributed by atoms with Crippen LogP contribution in [-0.2, 0) is 9.59 Å². The number of benzene rings is 1. The van der Waals surface area contributed by atoms with Crippen molar-refractivity contribution in [3.8, 4) is 5.75 Å². The number of hydrogen-bond donors (Lipinski definition) is 1. The van der Waals surface area contributed by atoms with Gasteiger partial charge in [-0.3, -0.25) is 9.59 Å². The molecule has 0 bridgehead atoms. The third-order valence-corrected chi connectivity index (χ3v) is 5.70. The number of ether oxygens (including phenoxy) is 1. The van der Waals surface area contributed by atoms with Crippen LogP contribution in [0.5, 0.6) is 5.75 Å². The average Bonchev–Trinajstić information content (AvgIpc) is 3.08. The number of carbonyl (C=O) groups excluding carboxylic acids is 2. The quantitative estimate of drug-likeness (QED) is 0.745. The highest BCUT2D eigenvalue weighted by Crippen LogP contribution is 2.32. The van der Waals surface area contributed by atoms with E-state index < -0.39 is 0 Å². The standard InChI is InChI=1S/C21H31N3O3/c1-16-8-12-23(13-9-16)11-5-10-22-21(26)17-14-20(25)24(15-17)18-6-3-4-7-19(18)27-2/h3-4,6-7,16-17H,5,8-15H2,1-2H3,(H,22,26). The fourth-order valence-corrected chi connectivity index (χ4v) is 3.91. The summed E-state index contributed by atoms with van der Waals surface area (Å²) >= 11 is 0. The molecule has 1 atom stereocenters. The molecule has 3 rings (SSSR count). The van der Waals surface area contributed by atoms with E-state index in [-0.39, 0.29) is 24.2 Å². The van der Waals surface area contributed by atoms with Gasteiger partial charge in [-0.15, -0.1) is 0 Å². The maximum absolute atomic E-state index is 12.5. The van der Waals surface area contributed by atoms with Gasteiger partial charge in [-0.25, -0.2) is 0 Å². The molecule has 6 nitrogen and oxygen atoms in total. The van der Waals surface area contributed by atoms with E-state index >= 15 is 0 Å². The molecule has 6 heteroatoms. The molecule has 1 N–H and O–H groups in total. The molecule has 2 fully saturated rings. The summed E-state index contributed by atoms with van der Waals surface area (Å²) in [6.45, 7) is 6.76. The third-order valence-electron chi connectivity index (χ3n) is 5.70. The van der Waals surface area contributed by atoms with E-state index in [0.717, 1.165) is 24.6 Å². The predicted molar refractivity (Wildman–Crippen MR) is 106 cm³/mol. The van der Waals surface area contributed by atoms with Gasteiger partial charge in [0.2, 0.25) is 11.8 Å². The molecule has 2 amide bonds. The van der Waals surface area contributed by atoms with Crippen LogP contribution in [0.3, 0.4) is 0 Å². The van der Waals surface area contributed by atoms with E-state index in [1.54, 1.807) is 12.0 Å². The molecular weight excluding hydrogens is 342 g/mol. The van der Waals surface area contributed by atoms with Crippen LogP contribution < -0.4 is 15.0 Å². The fourth-order valence-electron chi connectivity index (χ4n) is 3.91. The van der Waals surface area contributed by atoms with E-state index in [2.05, 4.69) is 17.1 Å². The molecule has 0 aromatic heterocycles. The Hall–Kier alpha value is -2.08. The Kier molecular flexibility index (Phi) is 6.72. The zero-order valence-corrected chi connectivity index (χ0v) is 16.4. The molecule has 1 aromatic carbocycles. The van der Waals surface area contributed by atoms with Gasteiger partial charge in [-0.2, -0.15) is 0 Å². The van der Waals surface area contributed by atoms with Crippen molar-refractivity contribution in [2.75, 3.05) is 44.7 Å². The van der Waals surface area contributed by atoms with E-state index in [1.165, 1.54) is 25.9 Å². The first-order valence-electron chi connectivity index (χ1n) is 10.0. The van der Waals surface area contributed by atoms with E-state index in [9.17, 15) is 9.59 Å². The lowest BCUT2D eigenvalue weighted by atomic mass is 9.99. The second-order valence-electron chi connectivity index (χ2n) is 7.75. The Morgan fingerprint density at radius 3 is 2.74 bits per heavy atom. The lowest BCUT2D eigenvalue weighted by Crippen LogP contribution is -2.37. The van der Waals surface area contributed by atoms with E-state index in [1.807, 2.05) is 24.3 Å². The number of methoxy groups -OCH3 is 1. The van der Waals surface area contributed by atoms with Crippen molar-refractivity contribution in [3.63, 3.8) is 0 Å². The molecule has 27 heavy (non-hydrogen) atoms. The molecule has 0 spiro atoms. The van der Waals surface area contributed by atoms with Gasteiger partial charge in [0.25, 0.3) is 0 Å². The van der Waals surface area contributed by atoms with Crippen molar-refractivity contribution >= 4 is 17.5 Å². The zero-order valence-electron chi connectivity index (χ0n) is 16.4. The fraction of sp³-hybridized carbons (Fsp3) is 0.619. The molecule has 2 aliphatic rings. The zero-order chi connectivity index (χ0) is 19.2. The van der Waals surface area contributed by atoms with E-state index in [0.29, 0.717) is 18.8 Å². The number of nitrogens with zero attached hydrogens (tertiary/aromatic N) is 2. The van der Waals surface area contributed by atoms with Gasteiger partial charge in [0.15, 0.2) is 0 Å². The van der Waals surface area contributed by atoms with Crippen LogP contribution in [0, 0.1) is 11.8 Å². The molecule has 1 aromatic rings. The first-order valence-corrected chi connectivity index (χ1v) is 10.0. The maximum Gasteiger partial charge on any atom is 0.227 e. The molecule has 2 aliphatic heterocycles. The highest BCUT2D eigenvalue weighted by molar-refractivity contribution is 6.01. The normalized spacial score (nSPS) is 21.5. The highest BCUT2D eigenvalue weighted by atomic mass is 16.5. The number of carbonyl (C=O) groups is 2. The predicted octanol–water partition coefficient (Wildman–Crippen LogP) is 2.29. The SMILES string of the molecule is COc1ccccc1N1CC(C(=O)NCCCN2CCC(C)CC2)CC1=O. The Bertz CT molecular complexity index is 656. The summed E-state index contributed by atoms with van der Waals surface area (Å²) < 4.78 is 5.35. The van der Waals surface area contributed by atoms with Crippen LogP contribution in [-0.4, -0.2) is 56.5 Å². The van der Waals surface area contributed by atoms with Crippen LogP contribution >= 0.6 is 0 Å². The number of piperidine rings is 1. The second-order valence-corrected chi connectivity index (χ2v) is 7.75. The number of amides is 2. The van der Waals surface area contributed by atoms with Crippen LogP contribution in [0.4, 0.5) is 5.69 Å². The second kappa shape index (κ2) is 9.22. The minimum absolute atomic E-state index is 0.0204. The third kappa shape index (κ3) is 5.01.